The fourth-order valence-corrected chi connectivity index (χ4v) is 3.83. The predicted octanol–water partition coefficient (Wildman–Crippen LogP) is 6.17. The third-order valence-electron chi connectivity index (χ3n) is 3.81. The molecule has 1 aromatic heterocycles. The summed E-state index contributed by atoms with van der Waals surface area (Å²) in [5.41, 5.74) is 2.54. The lowest BCUT2D eigenvalue weighted by atomic mass is 10.0. The minimum absolute atomic E-state index is 0.158. The molecule has 0 aliphatic rings. The summed E-state index contributed by atoms with van der Waals surface area (Å²) in [6, 6.07) is 20.0. The Morgan fingerprint density at radius 1 is 0.810 bits per heavy atom. The van der Waals surface area contributed by atoms with E-state index in [-0.39, 0.29) is 5.82 Å². The van der Waals surface area contributed by atoms with Crippen LogP contribution in [0.3, 0.4) is 0 Å². The number of hydrogen-bond acceptors (Lipinski definition) is 1. The Balaban J connectivity index is 1.99. The number of halogens is 1. The fraction of sp³-hybridized carbons (Fsp3) is 0.0526. The molecule has 4 rings (SSSR count). The van der Waals surface area contributed by atoms with Gasteiger partial charge in [0.25, 0.3) is 0 Å². The van der Waals surface area contributed by atoms with Crippen LogP contribution in [0.2, 0.25) is 0 Å². The van der Waals surface area contributed by atoms with Gasteiger partial charge in [0.1, 0.15) is 5.82 Å². The van der Waals surface area contributed by atoms with Gasteiger partial charge >= 0.3 is 0 Å². The molecular weight excluding hydrogens is 279 g/mol. The van der Waals surface area contributed by atoms with E-state index in [1.165, 1.54) is 20.2 Å². The van der Waals surface area contributed by atoms with Gasteiger partial charge in [0.15, 0.2) is 0 Å². The molecule has 0 saturated carbocycles. The van der Waals surface area contributed by atoms with Crippen molar-refractivity contribution in [3.05, 3.63) is 72.0 Å². The zero-order valence-electron chi connectivity index (χ0n) is 11.6. The lowest BCUT2D eigenvalue weighted by Crippen LogP contribution is -1.85. The molecule has 0 saturated heterocycles. The second-order valence-electron chi connectivity index (χ2n) is 5.29. The summed E-state index contributed by atoms with van der Waals surface area (Å²) < 4.78 is 16.7. The van der Waals surface area contributed by atoms with Crippen molar-refractivity contribution in [3.8, 4) is 11.1 Å². The van der Waals surface area contributed by atoms with Crippen molar-refractivity contribution in [3.63, 3.8) is 0 Å². The first-order valence-corrected chi connectivity index (χ1v) is 7.72. The third kappa shape index (κ3) is 2.03. The van der Waals surface area contributed by atoms with Crippen molar-refractivity contribution < 1.29 is 4.39 Å². The van der Waals surface area contributed by atoms with Gasteiger partial charge in [-0.3, -0.25) is 0 Å². The molecule has 1 heterocycles. The van der Waals surface area contributed by atoms with Crippen molar-refractivity contribution >= 4 is 31.5 Å². The van der Waals surface area contributed by atoms with E-state index in [9.17, 15) is 4.39 Å². The molecule has 2 heteroatoms. The molecule has 0 nitrogen and oxygen atoms in total. The highest BCUT2D eigenvalue weighted by molar-refractivity contribution is 7.25. The molecule has 0 radical (unpaired) electrons. The Morgan fingerprint density at radius 3 is 2.48 bits per heavy atom. The van der Waals surface area contributed by atoms with E-state index in [2.05, 4.69) is 30.3 Å². The number of thiophene rings is 1. The van der Waals surface area contributed by atoms with E-state index in [0.717, 1.165) is 11.1 Å². The zero-order valence-corrected chi connectivity index (χ0v) is 12.4. The predicted molar refractivity (Wildman–Crippen MR) is 89.5 cm³/mol. The normalized spacial score (nSPS) is 11.3. The summed E-state index contributed by atoms with van der Waals surface area (Å²) in [6.45, 7) is 1.91. The largest absolute Gasteiger partial charge is 0.206 e. The van der Waals surface area contributed by atoms with Crippen LogP contribution in [-0.4, -0.2) is 0 Å². The van der Waals surface area contributed by atoms with E-state index >= 15 is 0 Å². The number of hydrogen-bond donors (Lipinski definition) is 0. The first kappa shape index (κ1) is 12.5. The van der Waals surface area contributed by atoms with Gasteiger partial charge in [0, 0.05) is 25.7 Å². The Bertz CT molecular complexity index is 966. The SMILES string of the molecule is Cc1ccc(-c2ccc3sc4ccccc4c3c2)c(F)c1. The number of fused-ring (bicyclic) bond motifs is 3. The van der Waals surface area contributed by atoms with Crippen molar-refractivity contribution in [1.29, 1.82) is 0 Å². The second kappa shape index (κ2) is 4.68. The molecule has 102 valence electrons. The van der Waals surface area contributed by atoms with Gasteiger partial charge in [-0.25, -0.2) is 4.39 Å². The average Bonchev–Trinajstić information content (AvgIpc) is 2.85. The molecule has 0 amide bonds. The number of aryl methyl sites for hydroxylation is 1. The van der Waals surface area contributed by atoms with Crippen molar-refractivity contribution in [2.45, 2.75) is 6.92 Å². The van der Waals surface area contributed by atoms with E-state index < -0.39 is 0 Å². The summed E-state index contributed by atoms with van der Waals surface area (Å²) in [6.07, 6.45) is 0. The molecule has 0 aliphatic heterocycles. The maximum atomic E-state index is 14.2. The van der Waals surface area contributed by atoms with Crippen LogP contribution in [0, 0.1) is 12.7 Å². The summed E-state index contributed by atoms with van der Waals surface area (Å²) in [5.74, 6) is -0.158. The first-order chi connectivity index (χ1) is 10.2. The molecule has 0 aliphatic carbocycles. The molecule has 0 spiro atoms. The molecule has 0 bridgehead atoms. The Labute approximate surface area is 126 Å². The highest BCUT2D eigenvalue weighted by Gasteiger charge is 2.09. The standard InChI is InChI=1S/C19H13FS/c1-12-6-8-14(17(20)10-12)13-7-9-19-16(11-13)15-4-2-3-5-18(15)21-19/h2-11H,1H3. The first-order valence-electron chi connectivity index (χ1n) is 6.90. The van der Waals surface area contributed by atoms with E-state index in [1.807, 2.05) is 31.2 Å². The Hall–Kier alpha value is -2.19. The Kier molecular flexibility index (Phi) is 2.79. The van der Waals surface area contributed by atoms with E-state index in [1.54, 1.807) is 17.4 Å². The molecular formula is C19H13FS. The van der Waals surface area contributed by atoms with Gasteiger partial charge in [-0.2, -0.15) is 0 Å². The molecule has 0 fully saturated rings. The third-order valence-corrected chi connectivity index (χ3v) is 4.96. The smallest absolute Gasteiger partial charge is 0.131 e. The van der Waals surface area contributed by atoms with Crippen molar-refractivity contribution in [2.75, 3.05) is 0 Å². The minimum atomic E-state index is -0.158. The second-order valence-corrected chi connectivity index (χ2v) is 6.38. The topological polar surface area (TPSA) is 0 Å². The van der Waals surface area contributed by atoms with E-state index in [4.69, 9.17) is 0 Å². The molecule has 0 unspecified atom stereocenters. The van der Waals surface area contributed by atoms with Crippen LogP contribution in [0.5, 0.6) is 0 Å². The highest BCUT2D eigenvalue weighted by Crippen LogP contribution is 2.36. The van der Waals surface area contributed by atoms with Crippen LogP contribution in [0.25, 0.3) is 31.3 Å². The lowest BCUT2D eigenvalue weighted by molar-refractivity contribution is 0.630. The van der Waals surface area contributed by atoms with E-state index in [0.29, 0.717) is 5.56 Å². The van der Waals surface area contributed by atoms with Crippen LogP contribution in [-0.2, 0) is 0 Å². The monoisotopic (exact) mass is 292 g/mol. The maximum absolute atomic E-state index is 14.2. The average molecular weight is 292 g/mol. The van der Waals surface area contributed by atoms with Gasteiger partial charge in [-0.05, 0) is 42.3 Å². The van der Waals surface area contributed by atoms with Gasteiger partial charge in [-0.1, -0.05) is 36.4 Å². The van der Waals surface area contributed by atoms with Crippen LogP contribution in [0.1, 0.15) is 5.56 Å². The van der Waals surface area contributed by atoms with Crippen LogP contribution >= 0.6 is 11.3 Å². The zero-order chi connectivity index (χ0) is 14.4. The molecule has 0 N–H and O–H groups in total. The fourth-order valence-electron chi connectivity index (χ4n) is 2.75. The van der Waals surface area contributed by atoms with Crippen LogP contribution < -0.4 is 0 Å². The van der Waals surface area contributed by atoms with Crippen LogP contribution in [0.15, 0.2) is 60.7 Å². The quantitative estimate of drug-likeness (QED) is 0.393. The highest BCUT2D eigenvalue weighted by atomic mass is 32.1. The summed E-state index contributed by atoms with van der Waals surface area (Å²) in [7, 11) is 0. The molecule has 3 aromatic carbocycles. The molecule has 21 heavy (non-hydrogen) atoms. The Morgan fingerprint density at radius 2 is 1.62 bits per heavy atom. The van der Waals surface area contributed by atoms with Gasteiger partial charge in [-0.15, -0.1) is 11.3 Å². The van der Waals surface area contributed by atoms with Crippen LogP contribution in [0.4, 0.5) is 4.39 Å². The summed E-state index contributed by atoms with van der Waals surface area (Å²) >= 11 is 1.78. The van der Waals surface area contributed by atoms with Gasteiger partial charge < -0.3 is 0 Å². The maximum Gasteiger partial charge on any atom is 0.131 e. The summed E-state index contributed by atoms with van der Waals surface area (Å²) in [4.78, 5) is 0. The van der Waals surface area contributed by atoms with Gasteiger partial charge in [0.05, 0.1) is 0 Å². The number of benzene rings is 3. The van der Waals surface area contributed by atoms with Crippen molar-refractivity contribution in [2.24, 2.45) is 0 Å². The lowest BCUT2D eigenvalue weighted by Gasteiger charge is -2.05. The summed E-state index contributed by atoms with van der Waals surface area (Å²) in [5, 5.41) is 2.44. The molecule has 4 aromatic rings. The van der Waals surface area contributed by atoms with Crippen molar-refractivity contribution in [1.82, 2.24) is 0 Å². The minimum Gasteiger partial charge on any atom is -0.206 e. The van der Waals surface area contributed by atoms with Gasteiger partial charge in [0.2, 0.25) is 0 Å². The number of rotatable bonds is 1. The molecule has 0 atom stereocenters.